The Balaban J connectivity index is 2.08. The van der Waals surface area contributed by atoms with Gasteiger partial charge in [-0.3, -0.25) is 0 Å². The number of hydrogen-bond donors (Lipinski definition) is 1. The monoisotopic (exact) mass is 280 g/mol. The van der Waals surface area contributed by atoms with Crippen molar-refractivity contribution in [1.82, 2.24) is 8.61 Å². The highest BCUT2D eigenvalue weighted by atomic mass is 32.2. The van der Waals surface area contributed by atoms with Crippen molar-refractivity contribution < 1.29 is 23.0 Å². The zero-order valence-electron chi connectivity index (χ0n) is 10.5. The Morgan fingerprint density at radius 3 is 2.50 bits per heavy atom. The van der Waals surface area contributed by atoms with E-state index < -0.39 is 16.3 Å². The number of aliphatic hydroxyl groups is 1. The van der Waals surface area contributed by atoms with Crippen molar-refractivity contribution in [3.8, 4) is 0 Å². The van der Waals surface area contributed by atoms with Gasteiger partial charge in [-0.15, -0.1) is 0 Å². The second kappa shape index (κ2) is 5.81. The van der Waals surface area contributed by atoms with Crippen LogP contribution >= 0.6 is 0 Å². The lowest BCUT2D eigenvalue weighted by molar-refractivity contribution is -0.0766. The van der Waals surface area contributed by atoms with Crippen molar-refractivity contribution in [3.63, 3.8) is 0 Å². The quantitative estimate of drug-likeness (QED) is 0.691. The molecule has 0 aromatic heterocycles. The molecule has 0 aromatic rings. The first-order chi connectivity index (χ1) is 8.54. The van der Waals surface area contributed by atoms with Crippen molar-refractivity contribution >= 4 is 10.2 Å². The molecule has 18 heavy (non-hydrogen) atoms. The Labute approximate surface area is 107 Å². The van der Waals surface area contributed by atoms with E-state index in [-0.39, 0.29) is 19.3 Å². The van der Waals surface area contributed by atoms with Gasteiger partial charge in [0.2, 0.25) is 0 Å². The highest BCUT2D eigenvalue weighted by Gasteiger charge is 2.36. The number of aliphatic hydroxyl groups excluding tert-OH is 1. The Morgan fingerprint density at radius 1 is 1.22 bits per heavy atom. The van der Waals surface area contributed by atoms with E-state index in [1.54, 1.807) is 0 Å². The summed E-state index contributed by atoms with van der Waals surface area (Å²) in [6.07, 6.45) is -0.642. The van der Waals surface area contributed by atoms with Gasteiger partial charge in [0.05, 0.1) is 32.0 Å². The van der Waals surface area contributed by atoms with E-state index in [1.807, 2.05) is 6.92 Å². The highest BCUT2D eigenvalue weighted by Crippen LogP contribution is 2.18. The fourth-order valence-electron chi connectivity index (χ4n) is 2.23. The topological polar surface area (TPSA) is 79.3 Å². The summed E-state index contributed by atoms with van der Waals surface area (Å²) in [6.45, 7) is 3.82. The minimum atomic E-state index is -3.47. The standard InChI is InChI=1S/C10H20N2O5S/c1-9-6-12(7-10(8-13)17-9)18(14,15)11-2-4-16-5-3-11/h9-10,13H,2-8H2,1H3. The molecule has 2 fully saturated rings. The van der Waals surface area contributed by atoms with Crippen LogP contribution in [-0.2, 0) is 19.7 Å². The molecule has 0 bridgehead atoms. The number of nitrogens with zero attached hydrogens (tertiary/aromatic N) is 2. The molecule has 2 unspecified atom stereocenters. The number of hydrogen-bond acceptors (Lipinski definition) is 5. The maximum absolute atomic E-state index is 12.4. The van der Waals surface area contributed by atoms with Crippen LogP contribution in [0.2, 0.25) is 0 Å². The number of ether oxygens (including phenoxy) is 2. The van der Waals surface area contributed by atoms with Gasteiger partial charge in [0.1, 0.15) is 0 Å². The van der Waals surface area contributed by atoms with Crippen molar-refractivity contribution in [2.24, 2.45) is 0 Å². The first-order valence-corrected chi connectivity index (χ1v) is 7.53. The van der Waals surface area contributed by atoms with Gasteiger partial charge in [-0.05, 0) is 6.92 Å². The molecule has 0 aliphatic carbocycles. The van der Waals surface area contributed by atoms with Crippen LogP contribution in [0.5, 0.6) is 0 Å². The number of rotatable bonds is 3. The lowest BCUT2D eigenvalue weighted by atomic mass is 10.2. The van der Waals surface area contributed by atoms with Crippen molar-refractivity contribution in [3.05, 3.63) is 0 Å². The molecule has 2 atom stereocenters. The Hall–Kier alpha value is -0.250. The predicted octanol–water partition coefficient (Wildman–Crippen LogP) is -1.35. The average Bonchev–Trinajstić information content (AvgIpc) is 2.39. The van der Waals surface area contributed by atoms with Crippen LogP contribution in [0.25, 0.3) is 0 Å². The Kier molecular flexibility index (Phi) is 4.57. The summed E-state index contributed by atoms with van der Waals surface area (Å²) in [5.74, 6) is 0. The van der Waals surface area contributed by atoms with Crippen LogP contribution in [0.4, 0.5) is 0 Å². The van der Waals surface area contributed by atoms with E-state index >= 15 is 0 Å². The molecule has 2 rings (SSSR count). The second-order valence-electron chi connectivity index (χ2n) is 4.59. The Bertz CT molecular complexity index is 368. The van der Waals surface area contributed by atoms with E-state index in [2.05, 4.69) is 0 Å². The van der Waals surface area contributed by atoms with Gasteiger partial charge in [-0.2, -0.15) is 17.0 Å². The molecule has 106 valence electrons. The lowest BCUT2D eigenvalue weighted by Gasteiger charge is -2.38. The van der Waals surface area contributed by atoms with Gasteiger partial charge < -0.3 is 14.6 Å². The lowest BCUT2D eigenvalue weighted by Crippen LogP contribution is -2.56. The molecule has 0 radical (unpaired) electrons. The molecular weight excluding hydrogens is 260 g/mol. The summed E-state index contributed by atoms with van der Waals surface area (Å²) in [4.78, 5) is 0. The van der Waals surface area contributed by atoms with Crippen molar-refractivity contribution in [2.45, 2.75) is 19.1 Å². The Morgan fingerprint density at radius 2 is 1.89 bits per heavy atom. The third-order valence-corrected chi connectivity index (χ3v) is 5.09. The van der Waals surface area contributed by atoms with E-state index in [9.17, 15) is 8.42 Å². The summed E-state index contributed by atoms with van der Waals surface area (Å²) < 4.78 is 38.2. The maximum Gasteiger partial charge on any atom is 0.282 e. The van der Waals surface area contributed by atoms with Crippen molar-refractivity contribution in [1.29, 1.82) is 0 Å². The van der Waals surface area contributed by atoms with Crippen LogP contribution in [0.3, 0.4) is 0 Å². The van der Waals surface area contributed by atoms with Crippen LogP contribution in [0.15, 0.2) is 0 Å². The van der Waals surface area contributed by atoms with Gasteiger partial charge in [0.25, 0.3) is 10.2 Å². The van der Waals surface area contributed by atoms with E-state index in [1.165, 1.54) is 8.61 Å². The highest BCUT2D eigenvalue weighted by molar-refractivity contribution is 7.86. The summed E-state index contributed by atoms with van der Waals surface area (Å²) in [7, 11) is -3.47. The first kappa shape index (κ1) is 14.2. The first-order valence-electron chi connectivity index (χ1n) is 6.13. The fourth-order valence-corrected chi connectivity index (χ4v) is 3.92. The van der Waals surface area contributed by atoms with Gasteiger partial charge in [-0.25, -0.2) is 0 Å². The minimum absolute atomic E-state index is 0.167. The summed E-state index contributed by atoms with van der Waals surface area (Å²) in [5.41, 5.74) is 0. The van der Waals surface area contributed by atoms with E-state index in [4.69, 9.17) is 14.6 Å². The average molecular weight is 280 g/mol. The molecule has 8 heteroatoms. The molecule has 0 spiro atoms. The maximum atomic E-state index is 12.4. The molecule has 0 saturated carbocycles. The zero-order chi connectivity index (χ0) is 13.2. The van der Waals surface area contributed by atoms with E-state index in [0.717, 1.165) is 0 Å². The van der Waals surface area contributed by atoms with Gasteiger partial charge in [-0.1, -0.05) is 0 Å². The third kappa shape index (κ3) is 3.01. The molecule has 2 saturated heterocycles. The molecule has 0 aromatic carbocycles. The molecule has 2 aliphatic heterocycles. The van der Waals surface area contributed by atoms with Crippen LogP contribution < -0.4 is 0 Å². The third-order valence-electron chi connectivity index (χ3n) is 3.12. The van der Waals surface area contributed by atoms with Crippen LogP contribution in [-0.4, -0.2) is 80.3 Å². The summed E-state index contributed by atoms with van der Waals surface area (Å²) >= 11 is 0. The van der Waals surface area contributed by atoms with Crippen LogP contribution in [0, 0.1) is 0 Å². The van der Waals surface area contributed by atoms with Gasteiger partial charge in [0, 0.05) is 26.2 Å². The van der Waals surface area contributed by atoms with Gasteiger partial charge >= 0.3 is 0 Å². The molecule has 7 nitrogen and oxygen atoms in total. The predicted molar refractivity (Wildman–Crippen MR) is 64.3 cm³/mol. The molecule has 0 amide bonds. The zero-order valence-corrected chi connectivity index (χ0v) is 11.3. The van der Waals surface area contributed by atoms with E-state index in [0.29, 0.717) is 32.8 Å². The summed E-state index contributed by atoms with van der Waals surface area (Å²) in [6, 6.07) is 0. The van der Waals surface area contributed by atoms with Crippen molar-refractivity contribution in [2.75, 3.05) is 46.0 Å². The molecule has 2 heterocycles. The number of morpholine rings is 2. The van der Waals surface area contributed by atoms with Crippen LogP contribution in [0.1, 0.15) is 6.92 Å². The molecule has 2 aliphatic rings. The summed E-state index contributed by atoms with van der Waals surface area (Å²) in [5, 5.41) is 9.12. The van der Waals surface area contributed by atoms with Gasteiger partial charge in [0.15, 0.2) is 0 Å². The molecule has 1 N–H and O–H groups in total. The normalized spacial score (nSPS) is 32.6. The minimum Gasteiger partial charge on any atom is -0.394 e. The SMILES string of the molecule is CC1CN(S(=O)(=O)N2CCOCC2)CC(CO)O1. The largest absolute Gasteiger partial charge is 0.394 e. The molecular formula is C10H20N2O5S. The fraction of sp³-hybridized carbons (Fsp3) is 1.00. The smallest absolute Gasteiger partial charge is 0.282 e. The second-order valence-corrected chi connectivity index (χ2v) is 6.52.